The first kappa shape index (κ1) is 17.4. The molecule has 0 atom stereocenters. The second-order valence-corrected chi connectivity index (χ2v) is 11.4. The Balaban J connectivity index is 2.88. The van der Waals surface area contributed by atoms with Gasteiger partial charge in [-0.2, -0.15) is 0 Å². The summed E-state index contributed by atoms with van der Waals surface area (Å²) < 4.78 is 11.4. The molecule has 118 valence electrons. The van der Waals surface area contributed by atoms with Gasteiger partial charge in [0.05, 0.1) is 6.61 Å². The molecule has 0 amide bonds. The highest BCUT2D eigenvalue weighted by Gasteiger charge is 2.16. The largest absolute Gasteiger partial charge is 0.461 e. The van der Waals surface area contributed by atoms with Gasteiger partial charge in [-0.25, -0.2) is 9.59 Å². The number of hydrogen-bond acceptors (Lipinski definition) is 5. The number of nitrogens with one attached hydrogen (secondary N) is 1. The quantitative estimate of drug-likeness (QED) is 0.461. The van der Waals surface area contributed by atoms with Crippen LogP contribution in [0.5, 0.6) is 0 Å². The smallest absolute Gasteiger partial charge is 0.355 e. The Morgan fingerprint density at radius 1 is 1.33 bits per heavy atom. The molecule has 8 heteroatoms. The van der Waals surface area contributed by atoms with Crippen molar-refractivity contribution in [3.8, 4) is 0 Å². The molecule has 0 spiro atoms. The van der Waals surface area contributed by atoms with Crippen molar-refractivity contribution in [1.29, 1.82) is 0 Å². The highest BCUT2D eigenvalue weighted by atomic mass is 28.3. The van der Waals surface area contributed by atoms with Crippen LogP contribution in [0.4, 0.5) is 0 Å². The van der Waals surface area contributed by atoms with Crippen LogP contribution < -0.4 is 11.2 Å². The van der Waals surface area contributed by atoms with Crippen molar-refractivity contribution in [2.75, 3.05) is 13.2 Å². The van der Waals surface area contributed by atoms with E-state index in [0.717, 1.165) is 16.7 Å². The molecule has 1 N–H and O–H groups in total. The summed E-state index contributed by atoms with van der Waals surface area (Å²) in [5, 5.41) is 0. The molecule has 21 heavy (non-hydrogen) atoms. The van der Waals surface area contributed by atoms with E-state index in [0.29, 0.717) is 6.61 Å². The average molecular weight is 314 g/mol. The number of aromatic amines is 1. The number of carbonyl (C=O) groups excluding carboxylic acids is 1. The minimum absolute atomic E-state index is 0.0890. The fourth-order valence-corrected chi connectivity index (χ4v) is 2.31. The number of aromatic nitrogens is 2. The SMILES string of the molecule is CCOC(=O)c1cc(=O)[nH]c(=O)n1COCC[Si](C)(C)C. The summed E-state index contributed by atoms with van der Waals surface area (Å²) in [6.45, 7) is 8.87. The Morgan fingerprint density at radius 3 is 2.57 bits per heavy atom. The number of esters is 1. The second-order valence-electron chi connectivity index (χ2n) is 5.82. The van der Waals surface area contributed by atoms with E-state index in [4.69, 9.17) is 9.47 Å². The third-order valence-corrected chi connectivity index (χ3v) is 4.44. The molecule has 0 saturated heterocycles. The maximum absolute atomic E-state index is 11.8. The van der Waals surface area contributed by atoms with Crippen LogP contribution in [0.15, 0.2) is 15.7 Å². The molecule has 1 heterocycles. The Kier molecular flexibility index (Phi) is 6.10. The van der Waals surface area contributed by atoms with Crippen molar-refractivity contribution in [3.05, 3.63) is 32.6 Å². The van der Waals surface area contributed by atoms with Gasteiger partial charge in [0.15, 0.2) is 0 Å². The fourth-order valence-electron chi connectivity index (χ4n) is 1.56. The van der Waals surface area contributed by atoms with E-state index in [2.05, 4.69) is 24.6 Å². The van der Waals surface area contributed by atoms with Crippen molar-refractivity contribution in [2.24, 2.45) is 0 Å². The molecule has 7 nitrogen and oxygen atoms in total. The number of nitrogens with zero attached hydrogens (tertiary/aromatic N) is 1. The zero-order valence-corrected chi connectivity index (χ0v) is 13.9. The van der Waals surface area contributed by atoms with E-state index in [1.54, 1.807) is 6.92 Å². The molecular formula is C13H22N2O5Si. The number of carbonyl (C=O) groups is 1. The molecule has 0 bridgehead atoms. The van der Waals surface area contributed by atoms with Crippen LogP contribution in [0.3, 0.4) is 0 Å². The van der Waals surface area contributed by atoms with Gasteiger partial charge in [0.2, 0.25) is 0 Å². The molecule has 1 aromatic rings. The van der Waals surface area contributed by atoms with Crippen molar-refractivity contribution < 1.29 is 14.3 Å². The maximum atomic E-state index is 11.8. The lowest BCUT2D eigenvalue weighted by molar-refractivity contribution is 0.0462. The van der Waals surface area contributed by atoms with E-state index in [9.17, 15) is 14.4 Å². The summed E-state index contributed by atoms with van der Waals surface area (Å²) in [7, 11) is -1.23. The van der Waals surface area contributed by atoms with E-state index in [-0.39, 0.29) is 19.0 Å². The van der Waals surface area contributed by atoms with Gasteiger partial charge in [-0.15, -0.1) is 0 Å². The summed E-state index contributed by atoms with van der Waals surface area (Å²) in [6, 6.07) is 1.99. The first-order chi connectivity index (χ1) is 9.74. The monoisotopic (exact) mass is 314 g/mol. The predicted octanol–water partition coefficient (Wildman–Crippen LogP) is 1.03. The average Bonchev–Trinajstić information content (AvgIpc) is 2.34. The fraction of sp³-hybridized carbons (Fsp3) is 0.615. The first-order valence-corrected chi connectivity index (χ1v) is 10.5. The second kappa shape index (κ2) is 7.37. The van der Waals surface area contributed by atoms with E-state index >= 15 is 0 Å². The van der Waals surface area contributed by atoms with Gasteiger partial charge in [-0.3, -0.25) is 14.3 Å². The minimum Gasteiger partial charge on any atom is -0.461 e. The number of rotatable bonds is 7. The van der Waals surface area contributed by atoms with Crippen molar-refractivity contribution in [1.82, 2.24) is 9.55 Å². The highest BCUT2D eigenvalue weighted by molar-refractivity contribution is 6.76. The van der Waals surface area contributed by atoms with Crippen molar-refractivity contribution >= 4 is 14.0 Å². The Hall–Kier alpha value is -1.67. The number of H-pyrrole nitrogens is 1. The molecular weight excluding hydrogens is 292 g/mol. The normalized spacial score (nSPS) is 11.4. The molecule has 0 unspecified atom stereocenters. The minimum atomic E-state index is -1.23. The molecule has 1 aromatic heterocycles. The number of ether oxygens (including phenoxy) is 2. The molecule has 1 rings (SSSR count). The third kappa shape index (κ3) is 5.68. The van der Waals surface area contributed by atoms with Crippen LogP contribution >= 0.6 is 0 Å². The molecule has 0 radical (unpaired) electrons. The van der Waals surface area contributed by atoms with Crippen LogP contribution in [0.25, 0.3) is 0 Å². The summed E-state index contributed by atoms with van der Waals surface area (Å²) in [6.07, 6.45) is 0. The predicted molar refractivity (Wildman–Crippen MR) is 81.4 cm³/mol. The van der Waals surface area contributed by atoms with Gasteiger partial charge in [0, 0.05) is 20.7 Å². The van der Waals surface area contributed by atoms with Gasteiger partial charge < -0.3 is 9.47 Å². The Bertz CT molecular complexity index is 600. The van der Waals surface area contributed by atoms with E-state index in [1.165, 1.54) is 0 Å². The molecule has 0 aliphatic rings. The van der Waals surface area contributed by atoms with Crippen LogP contribution in [0, 0.1) is 0 Å². The lowest BCUT2D eigenvalue weighted by Crippen LogP contribution is -2.35. The van der Waals surface area contributed by atoms with Gasteiger partial charge in [0.25, 0.3) is 5.56 Å². The molecule has 0 aromatic carbocycles. The summed E-state index contributed by atoms with van der Waals surface area (Å²) >= 11 is 0. The lowest BCUT2D eigenvalue weighted by Gasteiger charge is -2.16. The van der Waals surface area contributed by atoms with Crippen LogP contribution in [0.1, 0.15) is 17.4 Å². The highest BCUT2D eigenvalue weighted by Crippen LogP contribution is 2.08. The number of hydrogen-bond donors (Lipinski definition) is 1. The Labute approximate surface area is 123 Å². The first-order valence-electron chi connectivity index (χ1n) is 6.83. The maximum Gasteiger partial charge on any atom is 0.355 e. The zero-order chi connectivity index (χ0) is 16.0. The summed E-state index contributed by atoms with van der Waals surface area (Å²) in [4.78, 5) is 37.0. The topological polar surface area (TPSA) is 90.4 Å². The molecule has 0 saturated carbocycles. The van der Waals surface area contributed by atoms with E-state index < -0.39 is 25.3 Å². The molecule has 0 fully saturated rings. The summed E-state index contributed by atoms with van der Waals surface area (Å²) in [5.74, 6) is -0.713. The van der Waals surface area contributed by atoms with E-state index in [1.807, 2.05) is 0 Å². The zero-order valence-electron chi connectivity index (χ0n) is 12.9. The standard InChI is InChI=1S/C13H22N2O5Si/c1-5-20-12(17)10-8-11(16)14-13(18)15(10)9-19-6-7-21(2,3)4/h8H,5-7,9H2,1-4H3,(H,14,16,18). The van der Waals surface area contributed by atoms with Crippen LogP contribution in [-0.4, -0.2) is 36.8 Å². The summed E-state index contributed by atoms with van der Waals surface area (Å²) in [5.41, 5.74) is -1.42. The van der Waals surface area contributed by atoms with Crippen molar-refractivity contribution in [3.63, 3.8) is 0 Å². The molecule has 0 aliphatic carbocycles. The lowest BCUT2D eigenvalue weighted by atomic mass is 10.4. The van der Waals surface area contributed by atoms with Crippen LogP contribution in [0.2, 0.25) is 25.7 Å². The van der Waals surface area contributed by atoms with Gasteiger partial charge in [-0.1, -0.05) is 19.6 Å². The van der Waals surface area contributed by atoms with Gasteiger partial charge in [0.1, 0.15) is 12.4 Å². The Morgan fingerprint density at radius 2 is 2.00 bits per heavy atom. The molecule has 0 aliphatic heterocycles. The van der Waals surface area contributed by atoms with Gasteiger partial charge in [-0.05, 0) is 13.0 Å². The van der Waals surface area contributed by atoms with Gasteiger partial charge >= 0.3 is 11.7 Å². The van der Waals surface area contributed by atoms with Crippen LogP contribution in [-0.2, 0) is 16.2 Å². The van der Waals surface area contributed by atoms with Crippen molar-refractivity contribution in [2.45, 2.75) is 39.3 Å². The third-order valence-electron chi connectivity index (χ3n) is 2.74.